The van der Waals surface area contributed by atoms with E-state index in [-0.39, 0.29) is 18.1 Å². The van der Waals surface area contributed by atoms with Crippen molar-refractivity contribution in [1.29, 1.82) is 0 Å². The summed E-state index contributed by atoms with van der Waals surface area (Å²) in [4.78, 5) is 12.2. The maximum absolute atomic E-state index is 12.2. The molecule has 4 rings (SSSR count). The molecule has 0 aliphatic carbocycles. The van der Waals surface area contributed by atoms with Crippen molar-refractivity contribution < 1.29 is 19.4 Å². The molecule has 0 radical (unpaired) electrons. The first kappa shape index (κ1) is 16.9. The summed E-state index contributed by atoms with van der Waals surface area (Å²) in [5, 5.41) is 15.9. The number of nitrogens with one attached hydrogen (secondary N) is 1. The number of fused-ring (bicyclic) bond motifs is 2. The van der Waals surface area contributed by atoms with Crippen molar-refractivity contribution in [3.8, 4) is 17.2 Å². The number of benzene rings is 3. The molecule has 0 unspecified atom stereocenters. The van der Waals surface area contributed by atoms with Gasteiger partial charge in [0.05, 0.1) is 12.6 Å². The normalized spacial score (nSPS) is 13.0. The first-order valence-electron chi connectivity index (χ1n) is 8.62. The van der Waals surface area contributed by atoms with Crippen LogP contribution in [-0.2, 0) is 11.2 Å². The van der Waals surface area contributed by atoms with Crippen LogP contribution in [0.15, 0.2) is 59.7 Å². The predicted molar refractivity (Wildman–Crippen MR) is 102 cm³/mol. The highest BCUT2D eigenvalue weighted by Crippen LogP contribution is 2.30. The summed E-state index contributed by atoms with van der Waals surface area (Å²) in [6.07, 6.45) is 1.62. The smallest absolute Gasteiger partial charge is 0.244 e. The Labute approximate surface area is 156 Å². The Balaban J connectivity index is 1.45. The van der Waals surface area contributed by atoms with Crippen molar-refractivity contribution in [3.05, 3.63) is 65.7 Å². The Morgan fingerprint density at radius 2 is 1.89 bits per heavy atom. The lowest BCUT2D eigenvalue weighted by molar-refractivity contribution is -0.120. The maximum Gasteiger partial charge on any atom is 0.244 e. The van der Waals surface area contributed by atoms with Crippen molar-refractivity contribution in [2.75, 3.05) is 13.2 Å². The summed E-state index contributed by atoms with van der Waals surface area (Å²) < 4.78 is 11.0. The highest BCUT2D eigenvalue weighted by Gasteiger charge is 2.13. The summed E-state index contributed by atoms with van der Waals surface area (Å²) in [6, 6.07) is 16.5. The van der Waals surface area contributed by atoms with E-state index in [2.05, 4.69) is 10.5 Å². The van der Waals surface area contributed by atoms with Gasteiger partial charge < -0.3 is 14.6 Å². The number of nitrogens with zero attached hydrogens (tertiary/aromatic N) is 1. The lowest BCUT2D eigenvalue weighted by Gasteiger charge is -2.18. The number of carbonyl (C=O) groups excluding carboxylic acids is 1. The number of aromatic hydroxyl groups is 1. The van der Waals surface area contributed by atoms with Gasteiger partial charge in [-0.3, -0.25) is 4.79 Å². The zero-order valence-electron chi connectivity index (χ0n) is 14.5. The lowest BCUT2D eigenvalue weighted by atomic mass is 10.0. The van der Waals surface area contributed by atoms with Gasteiger partial charge in [0.15, 0.2) is 11.5 Å². The van der Waals surface area contributed by atoms with Crippen LogP contribution >= 0.6 is 0 Å². The fourth-order valence-electron chi connectivity index (χ4n) is 3.01. The van der Waals surface area contributed by atoms with Gasteiger partial charge in [-0.25, -0.2) is 5.43 Å². The zero-order valence-corrected chi connectivity index (χ0v) is 14.5. The molecule has 0 saturated carbocycles. The van der Waals surface area contributed by atoms with Crippen molar-refractivity contribution in [2.45, 2.75) is 6.42 Å². The Morgan fingerprint density at radius 3 is 2.78 bits per heavy atom. The second-order valence-corrected chi connectivity index (χ2v) is 6.17. The van der Waals surface area contributed by atoms with E-state index in [1.807, 2.05) is 36.4 Å². The minimum Gasteiger partial charge on any atom is -0.507 e. The SMILES string of the molecule is O=C(Cc1ccc2c(c1)OCCO2)N/N=C\c1c(O)ccc2ccccc12. The Morgan fingerprint density at radius 1 is 1.07 bits per heavy atom. The van der Waals surface area contributed by atoms with Gasteiger partial charge in [0.1, 0.15) is 19.0 Å². The highest BCUT2D eigenvalue weighted by atomic mass is 16.6. The molecule has 0 bridgehead atoms. The number of rotatable bonds is 4. The van der Waals surface area contributed by atoms with E-state index in [1.165, 1.54) is 6.21 Å². The molecule has 0 aromatic heterocycles. The van der Waals surface area contributed by atoms with E-state index >= 15 is 0 Å². The molecule has 3 aromatic rings. The fraction of sp³-hybridized carbons (Fsp3) is 0.143. The van der Waals surface area contributed by atoms with Crippen LogP contribution in [0, 0.1) is 0 Å². The van der Waals surface area contributed by atoms with Crippen molar-refractivity contribution >= 4 is 22.9 Å². The third-order valence-electron chi connectivity index (χ3n) is 4.30. The van der Waals surface area contributed by atoms with Gasteiger partial charge in [-0.05, 0) is 34.5 Å². The van der Waals surface area contributed by atoms with Crippen LogP contribution in [0.5, 0.6) is 17.2 Å². The number of hydrogen-bond acceptors (Lipinski definition) is 5. The largest absolute Gasteiger partial charge is 0.507 e. The minimum absolute atomic E-state index is 0.110. The molecule has 1 aliphatic heterocycles. The van der Waals surface area contributed by atoms with Crippen molar-refractivity contribution in [2.24, 2.45) is 5.10 Å². The Hall–Kier alpha value is -3.54. The second kappa shape index (κ2) is 7.37. The van der Waals surface area contributed by atoms with Crippen LogP contribution in [0.1, 0.15) is 11.1 Å². The van der Waals surface area contributed by atoms with Crippen LogP contribution in [-0.4, -0.2) is 30.4 Å². The van der Waals surface area contributed by atoms with Gasteiger partial charge in [0.25, 0.3) is 0 Å². The highest BCUT2D eigenvalue weighted by molar-refractivity contribution is 6.02. The third-order valence-corrected chi connectivity index (χ3v) is 4.30. The predicted octanol–water partition coefficient (Wildman–Crippen LogP) is 3.01. The molecular weight excluding hydrogens is 344 g/mol. The topological polar surface area (TPSA) is 80.2 Å². The first-order chi connectivity index (χ1) is 13.2. The van der Waals surface area contributed by atoms with Gasteiger partial charge >= 0.3 is 0 Å². The van der Waals surface area contributed by atoms with Gasteiger partial charge in [-0.15, -0.1) is 0 Å². The van der Waals surface area contributed by atoms with E-state index in [1.54, 1.807) is 18.2 Å². The Bertz CT molecular complexity index is 1030. The number of phenols is 1. The van der Waals surface area contributed by atoms with E-state index in [4.69, 9.17) is 9.47 Å². The van der Waals surface area contributed by atoms with Crippen LogP contribution < -0.4 is 14.9 Å². The molecule has 6 heteroatoms. The lowest BCUT2D eigenvalue weighted by Crippen LogP contribution is -2.20. The van der Waals surface area contributed by atoms with Gasteiger partial charge in [0, 0.05) is 5.56 Å². The maximum atomic E-state index is 12.2. The molecule has 0 saturated heterocycles. The summed E-state index contributed by atoms with van der Waals surface area (Å²) in [5.74, 6) is 1.19. The molecule has 0 spiro atoms. The monoisotopic (exact) mass is 362 g/mol. The fourth-order valence-corrected chi connectivity index (χ4v) is 3.01. The first-order valence-corrected chi connectivity index (χ1v) is 8.62. The number of amides is 1. The molecule has 1 heterocycles. The molecule has 136 valence electrons. The number of carbonyl (C=O) groups is 1. The molecule has 0 fully saturated rings. The molecular formula is C21H18N2O4. The average molecular weight is 362 g/mol. The molecule has 2 N–H and O–H groups in total. The molecule has 0 atom stereocenters. The number of phenolic OH excluding ortho intramolecular Hbond substituents is 1. The number of hydrazone groups is 1. The zero-order chi connectivity index (χ0) is 18.6. The van der Waals surface area contributed by atoms with Crippen molar-refractivity contribution in [3.63, 3.8) is 0 Å². The summed E-state index contributed by atoms with van der Waals surface area (Å²) in [5.41, 5.74) is 3.87. The number of ether oxygens (including phenoxy) is 2. The molecule has 1 aliphatic rings. The van der Waals surface area contributed by atoms with Crippen molar-refractivity contribution in [1.82, 2.24) is 5.43 Å². The van der Waals surface area contributed by atoms with E-state index in [0.717, 1.165) is 16.3 Å². The minimum atomic E-state index is -0.261. The van der Waals surface area contributed by atoms with Crippen LogP contribution in [0.4, 0.5) is 0 Å². The standard InChI is InChI=1S/C21H18N2O4/c24-18-7-6-15-3-1-2-4-16(15)17(18)13-22-23-21(25)12-14-5-8-19-20(11-14)27-10-9-26-19/h1-8,11,13,24H,9-10,12H2,(H,23,25)/b22-13-. The number of hydrogen-bond donors (Lipinski definition) is 2. The molecule has 3 aromatic carbocycles. The molecule has 1 amide bonds. The van der Waals surface area contributed by atoms with Crippen LogP contribution in [0.2, 0.25) is 0 Å². The van der Waals surface area contributed by atoms with Gasteiger partial charge in [0.2, 0.25) is 5.91 Å². The van der Waals surface area contributed by atoms with Gasteiger partial charge in [-0.2, -0.15) is 5.10 Å². The third kappa shape index (κ3) is 3.69. The van der Waals surface area contributed by atoms with E-state index < -0.39 is 0 Å². The van der Waals surface area contributed by atoms with Gasteiger partial charge in [-0.1, -0.05) is 36.4 Å². The Kier molecular flexibility index (Phi) is 4.61. The molecule has 6 nitrogen and oxygen atoms in total. The van der Waals surface area contributed by atoms with E-state index in [0.29, 0.717) is 30.3 Å². The molecule has 27 heavy (non-hydrogen) atoms. The van der Waals surface area contributed by atoms with Crippen LogP contribution in [0.3, 0.4) is 0 Å². The second-order valence-electron chi connectivity index (χ2n) is 6.17. The van der Waals surface area contributed by atoms with Crippen LogP contribution in [0.25, 0.3) is 10.8 Å². The average Bonchev–Trinajstić information content (AvgIpc) is 2.69. The summed E-state index contributed by atoms with van der Waals surface area (Å²) in [6.45, 7) is 1.03. The summed E-state index contributed by atoms with van der Waals surface area (Å²) in [7, 11) is 0. The van der Waals surface area contributed by atoms with E-state index in [9.17, 15) is 9.90 Å². The summed E-state index contributed by atoms with van der Waals surface area (Å²) >= 11 is 0. The quantitative estimate of drug-likeness (QED) is 0.552.